The summed E-state index contributed by atoms with van der Waals surface area (Å²) >= 11 is 5.16. The smallest absolute Gasteiger partial charge is 0.251 e. The van der Waals surface area contributed by atoms with Gasteiger partial charge in [0.25, 0.3) is 5.91 Å². The lowest BCUT2D eigenvalue weighted by Gasteiger charge is -2.34. The Bertz CT molecular complexity index is 903. The molecule has 0 radical (unpaired) electrons. The van der Waals surface area contributed by atoms with E-state index in [-0.39, 0.29) is 5.91 Å². The molecule has 0 atom stereocenters. The van der Waals surface area contributed by atoms with Gasteiger partial charge in [0.1, 0.15) is 0 Å². The van der Waals surface area contributed by atoms with Crippen LogP contribution >= 0.6 is 27.3 Å². The van der Waals surface area contributed by atoms with E-state index in [1.165, 1.54) is 4.70 Å². The van der Waals surface area contributed by atoms with E-state index in [4.69, 9.17) is 4.98 Å². The molecule has 1 aromatic heterocycles. The number of hydrogen-bond donors (Lipinski definition) is 1. The molecule has 1 fully saturated rings. The van der Waals surface area contributed by atoms with Gasteiger partial charge < -0.3 is 10.2 Å². The van der Waals surface area contributed by atoms with Gasteiger partial charge in [-0.05, 0) is 30.3 Å². The lowest BCUT2D eigenvalue weighted by molar-refractivity contribution is 0.0947. The highest BCUT2D eigenvalue weighted by Gasteiger charge is 2.19. The fraction of sp³-hybridized carbons (Fsp3) is 0.300. The molecule has 2 aromatic carbocycles. The highest BCUT2D eigenvalue weighted by atomic mass is 79.9. The van der Waals surface area contributed by atoms with Crippen molar-refractivity contribution in [1.82, 2.24) is 15.2 Å². The summed E-state index contributed by atoms with van der Waals surface area (Å²) < 4.78 is 2.16. The summed E-state index contributed by atoms with van der Waals surface area (Å²) in [6.45, 7) is 5.45. The number of carbonyl (C=O) groups is 1. The van der Waals surface area contributed by atoms with Crippen LogP contribution in [0.4, 0.5) is 5.13 Å². The van der Waals surface area contributed by atoms with Crippen molar-refractivity contribution in [3.63, 3.8) is 0 Å². The van der Waals surface area contributed by atoms with Gasteiger partial charge in [-0.25, -0.2) is 4.98 Å². The molecule has 0 saturated carbocycles. The summed E-state index contributed by atoms with van der Waals surface area (Å²) in [7, 11) is 0. The van der Waals surface area contributed by atoms with Gasteiger partial charge in [-0.3, -0.25) is 9.69 Å². The predicted octanol–water partition coefficient (Wildman–Crippen LogP) is 3.61. The van der Waals surface area contributed by atoms with E-state index in [2.05, 4.69) is 49.2 Å². The second-order valence-electron chi connectivity index (χ2n) is 6.56. The van der Waals surface area contributed by atoms with Crippen LogP contribution in [0.2, 0.25) is 0 Å². The number of benzene rings is 2. The van der Waals surface area contributed by atoms with Gasteiger partial charge in [-0.1, -0.05) is 45.5 Å². The maximum Gasteiger partial charge on any atom is 0.251 e. The number of anilines is 1. The Morgan fingerprint density at radius 1 is 1.11 bits per heavy atom. The summed E-state index contributed by atoms with van der Waals surface area (Å²) in [6.07, 6.45) is 0. The molecule has 7 heteroatoms. The first-order valence-electron chi connectivity index (χ1n) is 9.06. The van der Waals surface area contributed by atoms with E-state index in [9.17, 15) is 4.79 Å². The van der Waals surface area contributed by atoms with E-state index in [1.54, 1.807) is 11.3 Å². The molecule has 1 saturated heterocycles. The molecule has 0 bridgehead atoms. The first-order chi connectivity index (χ1) is 13.2. The normalized spacial score (nSPS) is 15.2. The van der Waals surface area contributed by atoms with Crippen molar-refractivity contribution in [3.8, 4) is 0 Å². The number of halogens is 1. The van der Waals surface area contributed by atoms with Crippen LogP contribution in [0, 0.1) is 0 Å². The molecule has 27 heavy (non-hydrogen) atoms. The molecular weight excluding hydrogens is 424 g/mol. The zero-order chi connectivity index (χ0) is 18.6. The Labute approximate surface area is 171 Å². The number of nitrogens with zero attached hydrogens (tertiary/aromatic N) is 3. The summed E-state index contributed by atoms with van der Waals surface area (Å²) in [5, 5.41) is 4.12. The number of nitrogens with one attached hydrogen (secondary N) is 1. The lowest BCUT2D eigenvalue weighted by atomic mass is 10.2. The first-order valence-corrected chi connectivity index (χ1v) is 10.7. The number of amides is 1. The largest absolute Gasteiger partial charge is 0.351 e. The third-order valence-corrected chi connectivity index (χ3v) is 6.32. The second kappa shape index (κ2) is 8.37. The van der Waals surface area contributed by atoms with Crippen molar-refractivity contribution in [2.45, 2.75) is 0 Å². The van der Waals surface area contributed by atoms with Gasteiger partial charge in [0.15, 0.2) is 5.13 Å². The average Bonchev–Trinajstić information content (AvgIpc) is 3.12. The standard InChI is InChI=1S/C20H21BrN4OS/c21-16-5-3-4-15(14-16)19(26)22-8-9-24-10-12-25(13-11-24)20-23-17-6-1-2-7-18(17)27-20/h1-7,14H,8-13H2,(H,22,26). The van der Waals surface area contributed by atoms with E-state index in [0.29, 0.717) is 12.1 Å². The van der Waals surface area contributed by atoms with Crippen LogP contribution < -0.4 is 10.2 Å². The molecule has 4 rings (SSSR count). The summed E-state index contributed by atoms with van der Waals surface area (Å²) in [5.74, 6) is -0.0237. The van der Waals surface area contributed by atoms with Crippen LogP contribution in [0.25, 0.3) is 10.2 Å². The molecular formula is C20H21BrN4OS. The SMILES string of the molecule is O=C(NCCN1CCN(c2nc3ccccc3s2)CC1)c1cccc(Br)c1. The minimum Gasteiger partial charge on any atom is -0.351 e. The van der Waals surface area contributed by atoms with Crippen LogP contribution in [0.3, 0.4) is 0 Å². The highest BCUT2D eigenvalue weighted by molar-refractivity contribution is 9.10. The van der Waals surface area contributed by atoms with E-state index in [0.717, 1.165) is 47.8 Å². The number of carbonyl (C=O) groups excluding carboxylic acids is 1. The monoisotopic (exact) mass is 444 g/mol. The molecule has 0 spiro atoms. The molecule has 1 amide bonds. The zero-order valence-corrected chi connectivity index (χ0v) is 17.3. The van der Waals surface area contributed by atoms with Gasteiger partial charge in [0, 0.05) is 49.3 Å². The number of para-hydroxylation sites is 1. The Hall–Kier alpha value is -1.96. The topological polar surface area (TPSA) is 48.5 Å². The van der Waals surface area contributed by atoms with Crippen molar-refractivity contribution in [1.29, 1.82) is 0 Å². The van der Waals surface area contributed by atoms with Crippen molar-refractivity contribution in [2.75, 3.05) is 44.2 Å². The number of hydrogen-bond acceptors (Lipinski definition) is 5. The molecule has 1 N–H and O–H groups in total. The van der Waals surface area contributed by atoms with Gasteiger partial charge in [0.2, 0.25) is 0 Å². The molecule has 1 aliphatic rings. The Kier molecular flexibility index (Phi) is 5.71. The number of rotatable bonds is 5. The van der Waals surface area contributed by atoms with E-state index in [1.807, 2.05) is 30.3 Å². The van der Waals surface area contributed by atoms with Crippen LogP contribution in [0.5, 0.6) is 0 Å². The molecule has 2 heterocycles. The third kappa shape index (κ3) is 4.48. The Morgan fingerprint density at radius 3 is 2.70 bits per heavy atom. The van der Waals surface area contributed by atoms with Gasteiger partial charge in [0.05, 0.1) is 10.2 Å². The Balaban J connectivity index is 1.24. The maximum absolute atomic E-state index is 12.2. The fourth-order valence-electron chi connectivity index (χ4n) is 3.22. The number of piperazine rings is 1. The minimum absolute atomic E-state index is 0.0237. The molecule has 5 nitrogen and oxygen atoms in total. The number of aromatic nitrogens is 1. The first kappa shape index (κ1) is 18.4. The molecule has 140 valence electrons. The summed E-state index contributed by atoms with van der Waals surface area (Å²) in [6, 6.07) is 15.8. The van der Waals surface area contributed by atoms with Crippen LogP contribution in [0.1, 0.15) is 10.4 Å². The zero-order valence-electron chi connectivity index (χ0n) is 14.9. The molecule has 0 aliphatic carbocycles. The second-order valence-corrected chi connectivity index (χ2v) is 8.48. The van der Waals surface area contributed by atoms with Crippen molar-refractivity contribution in [2.24, 2.45) is 0 Å². The van der Waals surface area contributed by atoms with Crippen LogP contribution in [0.15, 0.2) is 53.0 Å². The molecule has 3 aromatic rings. The highest BCUT2D eigenvalue weighted by Crippen LogP contribution is 2.29. The van der Waals surface area contributed by atoms with Crippen LogP contribution in [-0.2, 0) is 0 Å². The molecule has 1 aliphatic heterocycles. The fourth-order valence-corrected chi connectivity index (χ4v) is 4.63. The predicted molar refractivity (Wildman–Crippen MR) is 115 cm³/mol. The average molecular weight is 445 g/mol. The number of thiazole rings is 1. The van der Waals surface area contributed by atoms with Crippen molar-refractivity contribution >= 4 is 48.5 Å². The lowest BCUT2D eigenvalue weighted by Crippen LogP contribution is -2.48. The van der Waals surface area contributed by atoms with Crippen molar-refractivity contribution < 1.29 is 4.79 Å². The Morgan fingerprint density at radius 2 is 1.93 bits per heavy atom. The van der Waals surface area contributed by atoms with Gasteiger partial charge in [-0.15, -0.1) is 0 Å². The summed E-state index contributed by atoms with van der Waals surface area (Å²) in [4.78, 5) is 21.7. The number of fused-ring (bicyclic) bond motifs is 1. The summed E-state index contributed by atoms with van der Waals surface area (Å²) in [5.41, 5.74) is 1.76. The van der Waals surface area contributed by atoms with Crippen molar-refractivity contribution in [3.05, 3.63) is 58.6 Å². The van der Waals surface area contributed by atoms with E-state index < -0.39 is 0 Å². The minimum atomic E-state index is -0.0237. The third-order valence-electron chi connectivity index (χ3n) is 4.73. The quantitative estimate of drug-likeness (QED) is 0.652. The van der Waals surface area contributed by atoms with Gasteiger partial charge >= 0.3 is 0 Å². The van der Waals surface area contributed by atoms with E-state index >= 15 is 0 Å². The van der Waals surface area contributed by atoms with Gasteiger partial charge in [-0.2, -0.15) is 0 Å². The van der Waals surface area contributed by atoms with Crippen LogP contribution in [-0.4, -0.2) is 55.1 Å². The molecule has 0 unspecified atom stereocenters. The maximum atomic E-state index is 12.2.